The Morgan fingerprint density at radius 2 is 2.10 bits per heavy atom. The number of nitrogens with zero attached hydrogens (tertiary/aromatic N) is 5. The lowest BCUT2D eigenvalue weighted by atomic mass is 10.1. The van der Waals surface area contributed by atoms with Gasteiger partial charge in [0.1, 0.15) is 17.3 Å². The molecule has 0 N–H and O–H groups in total. The van der Waals surface area contributed by atoms with E-state index >= 15 is 0 Å². The lowest BCUT2D eigenvalue weighted by Gasteiger charge is -2.17. The van der Waals surface area contributed by atoms with Gasteiger partial charge in [-0.3, -0.25) is 10.1 Å². The van der Waals surface area contributed by atoms with Crippen LogP contribution in [0.15, 0.2) is 30.6 Å². The summed E-state index contributed by atoms with van der Waals surface area (Å²) in [6, 6.07) is 5.03. The van der Waals surface area contributed by atoms with Crippen LogP contribution in [-0.2, 0) is 0 Å². The lowest BCUT2D eigenvalue weighted by molar-refractivity contribution is -0.385. The highest BCUT2D eigenvalue weighted by Gasteiger charge is 2.27. The van der Waals surface area contributed by atoms with Crippen LogP contribution in [0.25, 0.3) is 0 Å². The highest BCUT2D eigenvalue weighted by atomic mass is 16.6. The molecule has 0 spiro atoms. The molecule has 1 saturated heterocycles. The molecule has 1 aliphatic rings. The molecule has 0 aromatic carbocycles. The van der Waals surface area contributed by atoms with Gasteiger partial charge < -0.3 is 4.90 Å². The Morgan fingerprint density at radius 3 is 2.76 bits per heavy atom. The van der Waals surface area contributed by atoms with Crippen molar-refractivity contribution in [3.05, 3.63) is 52.2 Å². The van der Waals surface area contributed by atoms with Gasteiger partial charge in [-0.05, 0) is 25.5 Å². The summed E-state index contributed by atoms with van der Waals surface area (Å²) in [5, 5.41) is 10.8. The Kier molecular flexibility index (Phi) is 3.47. The van der Waals surface area contributed by atoms with E-state index in [0.29, 0.717) is 5.69 Å². The van der Waals surface area contributed by atoms with Crippen molar-refractivity contribution < 1.29 is 4.92 Å². The molecule has 1 atom stereocenters. The number of nitro groups is 1. The van der Waals surface area contributed by atoms with Gasteiger partial charge in [0.25, 0.3) is 5.69 Å². The van der Waals surface area contributed by atoms with E-state index in [0.717, 1.165) is 31.2 Å². The van der Waals surface area contributed by atoms with E-state index in [1.54, 1.807) is 31.5 Å². The van der Waals surface area contributed by atoms with Crippen LogP contribution in [0.1, 0.15) is 23.9 Å². The first kappa shape index (κ1) is 13.4. The summed E-state index contributed by atoms with van der Waals surface area (Å²) in [6.07, 6.45) is 4.46. The Bertz CT molecular complexity index is 662. The maximum atomic E-state index is 10.8. The Morgan fingerprint density at radius 1 is 1.33 bits per heavy atom. The molecule has 7 heteroatoms. The SMILES string of the molecule is Cc1nc(N2CCC(c3ncccn3)C2)ccc1[N+](=O)[O-]. The summed E-state index contributed by atoms with van der Waals surface area (Å²) >= 11 is 0. The van der Waals surface area contributed by atoms with E-state index in [4.69, 9.17) is 0 Å². The molecule has 0 amide bonds. The molecule has 21 heavy (non-hydrogen) atoms. The van der Waals surface area contributed by atoms with Crippen LogP contribution in [0.2, 0.25) is 0 Å². The third-order valence-corrected chi connectivity index (χ3v) is 3.70. The first-order valence-corrected chi connectivity index (χ1v) is 6.79. The second-order valence-electron chi connectivity index (χ2n) is 5.07. The first-order valence-electron chi connectivity index (χ1n) is 6.79. The third kappa shape index (κ3) is 2.67. The number of aryl methyl sites for hydroxylation is 1. The zero-order valence-corrected chi connectivity index (χ0v) is 11.6. The fourth-order valence-corrected chi connectivity index (χ4v) is 2.61. The standard InChI is InChI=1S/C14H15N5O2/c1-10-12(19(20)21)3-4-13(17-10)18-8-5-11(9-18)14-15-6-2-7-16-14/h2-4,6-7,11H,5,8-9H2,1H3. The first-order chi connectivity index (χ1) is 10.1. The number of hydrogen-bond donors (Lipinski definition) is 0. The molecule has 7 nitrogen and oxygen atoms in total. The number of rotatable bonds is 3. The molecule has 3 heterocycles. The van der Waals surface area contributed by atoms with Gasteiger partial charge in [0.15, 0.2) is 0 Å². The van der Waals surface area contributed by atoms with Gasteiger partial charge in [0.05, 0.1) is 4.92 Å². The third-order valence-electron chi connectivity index (χ3n) is 3.70. The molecular formula is C14H15N5O2. The van der Waals surface area contributed by atoms with E-state index in [1.807, 2.05) is 0 Å². The van der Waals surface area contributed by atoms with E-state index in [9.17, 15) is 10.1 Å². The summed E-state index contributed by atoms with van der Waals surface area (Å²) in [6.45, 7) is 3.30. The molecule has 108 valence electrons. The van der Waals surface area contributed by atoms with Crippen LogP contribution < -0.4 is 4.90 Å². The van der Waals surface area contributed by atoms with Gasteiger partial charge in [0.2, 0.25) is 0 Å². The maximum Gasteiger partial charge on any atom is 0.290 e. The Balaban J connectivity index is 1.77. The van der Waals surface area contributed by atoms with Gasteiger partial charge in [-0.2, -0.15) is 0 Å². The van der Waals surface area contributed by atoms with Crippen molar-refractivity contribution in [2.45, 2.75) is 19.3 Å². The van der Waals surface area contributed by atoms with Crippen molar-refractivity contribution in [2.24, 2.45) is 0 Å². The second-order valence-corrected chi connectivity index (χ2v) is 5.07. The maximum absolute atomic E-state index is 10.8. The smallest absolute Gasteiger partial charge is 0.290 e. The molecule has 0 radical (unpaired) electrons. The van der Waals surface area contributed by atoms with Crippen LogP contribution in [-0.4, -0.2) is 33.0 Å². The van der Waals surface area contributed by atoms with Gasteiger partial charge in [0, 0.05) is 37.5 Å². The van der Waals surface area contributed by atoms with E-state index < -0.39 is 4.92 Å². The predicted molar refractivity (Wildman–Crippen MR) is 77.2 cm³/mol. The second kappa shape index (κ2) is 5.43. The zero-order valence-electron chi connectivity index (χ0n) is 11.6. The fourth-order valence-electron chi connectivity index (χ4n) is 2.61. The Labute approximate surface area is 121 Å². The zero-order chi connectivity index (χ0) is 14.8. The molecule has 1 fully saturated rings. The van der Waals surface area contributed by atoms with Crippen LogP contribution in [0.4, 0.5) is 11.5 Å². The highest BCUT2D eigenvalue weighted by Crippen LogP contribution is 2.29. The molecule has 1 aliphatic heterocycles. The molecule has 0 saturated carbocycles. The van der Waals surface area contributed by atoms with Crippen LogP contribution >= 0.6 is 0 Å². The van der Waals surface area contributed by atoms with Crippen molar-refractivity contribution in [3.63, 3.8) is 0 Å². The van der Waals surface area contributed by atoms with Gasteiger partial charge >= 0.3 is 0 Å². The van der Waals surface area contributed by atoms with Crippen molar-refractivity contribution >= 4 is 11.5 Å². The number of hydrogen-bond acceptors (Lipinski definition) is 6. The lowest BCUT2D eigenvalue weighted by Crippen LogP contribution is -2.21. The van der Waals surface area contributed by atoms with Crippen molar-refractivity contribution in [1.29, 1.82) is 0 Å². The van der Waals surface area contributed by atoms with E-state index in [-0.39, 0.29) is 11.6 Å². The number of anilines is 1. The monoisotopic (exact) mass is 285 g/mol. The quantitative estimate of drug-likeness (QED) is 0.634. The summed E-state index contributed by atoms with van der Waals surface area (Å²) in [4.78, 5) is 25.5. The molecule has 3 rings (SSSR count). The van der Waals surface area contributed by atoms with Crippen molar-refractivity contribution in [1.82, 2.24) is 15.0 Å². The average molecular weight is 285 g/mol. The van der Waals surface area contributed by atoms with Crippen LogP contribution in [0.5, 0.6) is 0 Å². The van der Waals surface area contributed by atoms with Gasteiger partial charge in [-0.25, -0.2) is 15.0 Å². The molecule has 0 aliphatic carbocycles. The summed E-state index contributed by atoms with van der Waals surface area (Å²) in [5.74, 6) is 1.90. The summed E-state index contributed by atoms with van der Waals surface area (Å²) in [7, 11) is 0. The molecule has 0 bridgehead atoms. The largest absolute Gasteiger partial charge is 0.356 e. The fraction of sp³-hybridized carbons (Fsp3) is 0.357. The molecule has 2 aromatic heterocycles. The normalized spacial score (nSPS) is 18.0. The van der Waals surface area contributed by atoms with Crippen LogP contribution in [0.3, 0.4) is 0 Å². The number of aromatic nitrogens is 3. The van der Waals surface area contributed by atoms with Crippen molar-refractivity contribution in [2.75, 3.05) is 18.0 Å². The highest BCUT2D eigenvalue weighted by molar-refractivity contribution is 5.47. The van der Waals surface area contributed by atoms with Crippen molar-refractivity contribution in [3.8, 4) is 0 Å². The molecular weight excluding hydrogens is 270 g/mol. The van der Waals surface area contributed by atoms with E-state index in [2.05, 4.69) is 19.9 Å². The van der Waals surface area contributed by atoms with Gasteiger partial charge in [-0.1, -0.05) is 0 Å². The van der Waals surface area contributed by atoms with Crippen LogP contribution in [0, 0.1) is 17.0 Å². The number of pyridine rings is 1. The minimum absolute atomic E-state index is 0.0564. The molecule has 2 aromatic rings. The summed E-state index contributed by atoms with van der Waals surface area (Å²) < 4.78 is 0. The van der Waals surface area contributed by atoms with E-state index in [1.165, 1.54) is 6.07 Å². The Hall–Kier alpha value is -2.57. The van der Waals surface area contributed by atoms with Gasteiger partial charge in [-0.15, -0.1) is 0 Å². The molecule has 1 unspecified atom stereocenters. The average Bonchev–Trinajstić information content (AvgIpc) is 2.97. The topological polar surface area (TPSA) is 85.0 Å². The minimum atomic E-state index is -0.406. The summed E-state index contributed by atoms with van der Waals surface area (Å²) in [5.41, 5.74) is 0.498. The minimum Gasteiger partial charge on any atom is -0.356 e. The predicted octanol–water partition coefficient (Wildman–Crippen LogP) is 2.08.